The van der Waals surface area contributed by atoms with Crippen LogP contribution in [0.2, 0.25) is 0 Å². The Morgan fingerprint density at radius 1 is 1.12 bits per heavy atom. The minimum absolute atomic E-state index is 0. The number of hydrogen-bond donors (Lipinski definition) is 1. The maximum Gasteiger partial charge on any atom is 0.416 e. The van der Waals surface area contributed by atoms with E-state index in [0.717, 1.165) is 31.5 Å². The van der Waals surface area contributed by atoms with E-state index < -0.39 is 11.7 Å². The second-order valence-electron chi connectivity index (χ2n) is 4.16. The molecule has 1 heterocycles. The molecule has 0 saturated carbocycles. The van der Waals surface area contributed by atoms with Gasteiger partial charge in [0.05, 0.1) is 5.56 Å². The molecule has 0 aliphatic carbocycles. The minimum atomic E-state index is -4.23. The highest BCUT2D eigenvalue weighted by molar-refractivity contribution is 5.85. The zero-order valence-electron chi connectivity index (χ0n) is 9.26. The van der Waals surface area contributed by atoms with Crippen molar-refractivity contribution in [3.05, 3.63) is 35.4 Å². The fraction of sp³-hybridized carbons (Fsp3) is 0.500. The van der Waals surface area contributed by atoms with Crippen LogP contribution in [-0.2, 0) is 6.18 Å². The van der Waals surface area contributed by atoms with E-state index in [2.05, 4.69) is 5.32 Å². The van der Waals surface area contributed by atoms with Gasteiger partial charge in [-0.15, -0.1) is 12.4 Å². The standard InChI is InChI=1S/C12H14F3N.ClH/c13-12(14,15)11-5-3-9(4-6-11)10-2-1-7-16-8-10;/h3-6,10,16H,1-2,7-8H2;1H. The molecule has 1 aliphatic rings. The third-order valence-corrected chi connectivity index (χ3v) is 3.01. The first-order valence-corrected chi connectivity index (χ1v) is 5.45. The molecule has 17 heavy (non-hydrogen) atoms. The molecule has 1 fully saturated rings. The number of nitrogens with one attached hydrogen (secondary N) is 1. The van der Waals surface area contributed by atoms with Crippen molar-refractivity contribution in [2.75, 3.05) is 13.1 Å². The normalized spacial score (nSPS) is 20.8. The summed E-state index contributed by atoms with van der Waals surface area (Å²) in [6.07, 6.45) is -2.09. The summed E-state index contributed by atoms with van der Waals surface area (Å²) in [5, 5.41) is 3.26. The second kappa shape index (κ2) is 5.74. The summed E-state index contributed by atoms with van der Waals surface area (Å²) in [6.45, 7) is 1.88. The van der Waals surface area contributed by atoms with Crippen LogP contribution in [0.15, 0.2) is 24.3 Å². The molecule has 0 aromatic heterocycles. The monoisotopic (exact) mass is 265 g/mol. The Kier molecular flexibility index (Phi) is 4.83. The van der Waals surface area contributed by atoms with Crippen LogP contribution in [0, 0.1) is 0 Å². The van der Waals surface area contributed by atoms with Gasteiger partial charge in [-0.3, -0.25) is 0 Å². The molecule has 2 rings (SSSR count). The van der Waals surface area contributed by atoms with Gasteiger partial charge in [0.25, 0.3) is 0 Å². The van der Waals surface area contributed by atoms with E-state index in [4.69, 9.17) is 0 Å². The summed E-state index contributed by atoms with van der Waals surface area (Å²) < 4.78 is 37.0. The van der Waals surface area contributed by atoms with Gasteiger partial charge in [0.1, 0.15) is 0 Å². The molecule has 1 nitrogen and oxygen atoms in total. The van der Waals surface area contributed by atoms with Crippen LogP contribution in [0.4, 0.5) is 13.2 Å². The van der Waals surface area contributed by atoms with Crippen molar-refractivity contribution in [2.24, 2.45) is 0 Å². The molecule has 0 radical (unpaired) electrons. The SMILES string of the molecule is Cl.FC(F)(F)c1ccc(C2CCCNC2)cc1. The Morgan fingerprint density at radius 2 is 1.76 bits per heavy atom. The van der Waals surface area contributed by atoms with Gasteiger partial charge in [-0.25, -0.2) is 0 Å². The van der Waals surface area contributed by atoms with E-state index in [1.54, 1.807) is 12.1 Å². The van der Waals surface area contributed by atoms with Gasteiger partial charge in [-0.1, -0.05) is 12.1 Å². The van der Waals surface area contributed by atoms with Crippen molar-refractivity contribution in [1.82, 2.24) is 5.32 Å². The van der Waals surface area contributed by atoms with Gasteiger partial charge in [0.15, 0.2) is 0 Å². The molecule has 96 valence electrons. The van der Waals surface area contributed by atoms with Gasteiger partial charge < -0.3 is 5.32 Å². The Hall–Kier alpha value is -0.740. The molecule has 0 spiro atoms. The van der Waals surface area contributed by atoms with E-state index in [0.29, 0.717) is 5.92 Å². The molecule has 5 heteroatoms. The Labute approximate surface area is 105 Å². The molecule has 1 aromatic carbocycles. The number of hydrogen-bond acceptors (Lipinski definition) is 1. The maximum atomic E-state index is 12.3. The molecule has 1 aromatic rings. The fourth-order valence-electron chi connectivity index (χ4n) is 2.08. The highest BCUT2D eigenvalue weighted by atomic mass is 35.5. The first-order valence-electron chi connectivity index (χ1n) is 5.45. The highest BCUT2D eigenvalue weighted by Crippen LogP contribution is 2.31. The zero-order chi connectivity index (χ0) is 11.6. The van der Waals surface area contributed by atoms with Crippen LogP contribution in [0.1, 0.15) is 29.9 Å². The summed E-state index contributed by atoms with van der Waals surface area (Å²) in [4.78, 5) is 0. The summed E-state index contributed by atoms with van der Waals surface area (Å²) in [5.41, 5.74) is 0.431. The third-order valence-electron chi connectivity index (χ3n) is 3.01. The fourth-order valence-corrected chi connectivity index (χ4v) is 2.08. The van der Waals surface area contributed by atoms with E-state index in [1.807, 2.05) is 0 Å². The van der Waals surface area contributed by atoms with Crippen LogP contribution >= 0.6 is 12.4 Å². The largest absolute Gasteiger partial charge is 0.416 e. The topological polar surface area (TPSA) is 12.0 Å². The molecule has 0 bridgehead atoms. The Balaban J connectivity index is 0.00000144. The van der Waals surface area contributed by atoms with Crippen LogP contribution in [0.5, 0.6) is 0 Å². The molecular weight excluding hydrogens is 251 g/mol. The molecule has 1 atom stereocenters. The first-order chi connectivity index (χ1) is 7.57. The predicted octanol–water partition coefficient (Wildman–Crippen LogP) is 3.59. The van der Waals surface area contributed by atoms with Crippen molar-refractivity contribution in [1.29, 1.82) is 0 Å². The van der Waals surface area contributed by atoms with Gasteiger partial charge in [-0.05, 0) is 43.0 Å². The lowest BCUT2D eigenvalue weighted by Gasteiger charge is -2.23. The van der Waals surface area contributed by atoms with Crippen molar-refractivity contribution in [3.63, 3.8) is 0 Å². The number of piperidine rings is 1. The van der Waals surface area contributed by atoms with Gasteiger partial charge >= 0.3 is 6.18 Å². The van der Waals surface area contributed by atoms with Gasteiger partial charge in [0.2, 0.25) is 0 Å². The Morgan fingerprint density at radius 3 is 2.24 bits per heavy atom. The Bertz CT molecular complexity index is 342. The molecule has 0 amide bonds. The van der Waals surface area contributed by atoms with Crippen molar-refractivity contribution in [2.45, 2.75) is 24.9 Å². The first kappa shape index (κ1) is 14.3. The predicted molar refractivity (Wildman–Crippen MR) is 63.5 cm³/mol. The summed E-state index contributed by atoms with van der Waals surface area (Å²) in [5.74, 6) is 0.357. The lowest BCUT2D eigenvalue weighted by molar-refractivity contribution is -0.137. The summed E-state index contributed by atoms with van der Waals surface area (Å²) in [7, 11) is 0. The van der Waals surface area contributed by atoms with Crippen LogP contribution in [0.3, 0.4) is 0 Å². The van der Waals surface area contributed by atoms with E-state index in [1.165, 1.54) is 12.1 Å². The summed E-state index contributed by atoms with van der Waals surface area (Å²) >= 11 is 0. The minimum Gasteiger partial charge on any atom is -0.316 e. The number of benzene rings is 1. The van der Waals surface area contributed by atoms with Crippen LogP contribution in [-0.4, -0.2) is 13.1 Å². The molecule has 1 aliphatic heterocycles. The molecular formula is C12H15ClF3N. The average molecular weight is 266 g/mol. The maximum absolute atomic E-state index is 12.3. The quantitative estimate of drug-likeness (QED) is 0.818. The number of halogens is 4. The van der Waals surface area contributed by atoms with Crippen molar-refractivity contribution < 1.29 is 13.2 Å². The lowest BCUT2D eigenvalue weighted by atomic mass is 9.91. The van der Waals surface area contributed by atoms with E-state index in [-0.39, 0.29) is 12.4 Å². The molecule has 1 N–H and O–H groups in total. The smallest absolute Gasteiger partial charge is 0.316 e. The lowest BCUT2D eigenvalue weighted by Crippen LogP contribution is -2.28. The molecule has 1 unspecified atom stereocenters. The van der Waals surface area contributed by atoms with Gasteiger partial charge in [-0.2, -0.15) is 13.2 Å². The number of rotatable bonds is 1. The van der Waals surface area contributed by atoms with E-state index in [9.17, 15) is 13.2 Å². The average Bonchev–Trinajstić information content (AvgIpc) is 2.29. The van der Waals surface area contributed by atoms with Crippen molar-refractivity contribution >= 4 is 12.4 Å². The third kappa shape index (κ3) is 3.61. The van der Waals surface area contributed by atoms with Gasteiger partial charge in [0, 0.05) is 6.54 Å². The van der Waals surface area contributed by atoms with E-state index >= 15 is 0 Å². The summed E-state index contributed by atoms with van der Waals surface area (Å²) in [6, 6.07) is 5.54. The van der Waals surface area contributed by atoms with Crippen LogP contribution in [0.25, 0.3) is 0 Å². The number of alkyl halides is 3. The zero-order valence-corrected chi connectivity index (χ0v) is 10.1. The van der Waals surface area contributed by atoms with Crippen molar-refractivity contribution in [3.8, 4) is 0 Å². The molecule has 1 saturated heterocycles. The second-order valence-corrected chi connectivity index (χ2v) is 4.16. The highest BCUT2D eigenvalue weighted by Gasteiger charge is 2.30. The van der Waals surface area contributed by atoms with Crippen LogP contribution < -0.4 is 5.32 Å².